The molecule has 1 aliphatic carbocycles. The Morgan fingerprint density at radius 3 is 2.50 bits per heavy atom. The van der Waals surface area contributed by atoms with Crippen LogP contribution < -0.4 is 16.0 Å². The lowest BCUT2D eigenvalue weighted by Crippen LogP contribution is -2.53. The standard InChI is InChI=1S/C17H25N5/c1-18-15-20-16(19-13-10-14-8-4-2-5-9-14)22-17(21-15)11-6-3-7-12-17/h2,4-5,8-9H,3,6-7,10-13H2,1H3,(H3,18,19,20,21,22). The molecule has 3 rings (SSSR count). The normalized spacial score (nSPS) is 19.9. The Morgan fingerprint density at radius 2 is 1.77 bits per heavy atom. The first-order chi connectivity index (χ1) is 10.8. The zero-order valence-corrected chi connectivity index (χ0v) is 13.2. The van der Waals surface area contributed by atoms with Crippen LogP contribution in [0.25, 0.3) is 0 Å². The minimum atomic E-state index is -0.253. The van der Waals surface area contributed by atoms with E-state index in [-0.39, 0.29) is 5.66 Å². The topological polar surface area (TPSA) is 60.8 Å². The lowest BCUT2D eigenvalue weighted by Gasteiger charge is -2.34. The highest BCUT2D eigenvalue weighted by Gasteiger charge is 2.34. The van der Waals surface area contributed by atoms with E-state index in [9.17, 15) is 0 Å². The molecule has 5 nitrogen and oxygen atoms in total. The van der Waals surface area contributed by atoms with Crippen LogP contribution in [0.2, 0.25) is 0 Å². The van der Waals surface area contributed by atoms with Crippen molar-refractivity contribution in [3.8, 4) is 0 Å². The second-order valence-electron chi connectivity index (χ2n) is 6.00. The van der Waals surface area contributed by atoms with Crippen molar-refractivity contribution < 1.29 is 0 Å². The molecule has 0 saturated heterocycles. The number of aliphatic imine (C=N–C) groups is 2. The summed E-state index contributed by atoms with van der Waals surface area (Å²) >= 11 is 0. The van der Waals surface area contributed by atoms with E-state index in [2.05, 4.69) is 40.2 Å². The quantitative estimate of drug-likeness (QED) is 0.800. The molecule has 1 saturated carbocycles. The molecule has 1 aromatic carbocycles. The van der Waals surface area contributed by atoms with Crippen molar-refractivity contribution in [2.75, 3.05) is 13.6 Å². The van der Waals surface area contributed by atoms with Crippen LogP contribution in [-0.4, -0.2) is 31.2 Å². The highest BCUT2D eigenvalue weighted by atomic mass is 15.4. The molecule has 0 radical (unpaired) electrons. The number of rotatable bonds is 3. The molecule has 0 unspecified atom stereocenters. The van der Waals surface area contributed by atoms with Crippen LogP contribution in [0.5, 0.6) is 0 Å². The molecular weight excluding hydrogens is 274 g/mol. The van der Waals surface area contributed by atoms with Gasteiger partial charge < -0.3 is 10.6 Å². The van der Waals surface area contributed by atoms with Crippen LogP contribution in [0.3, 0.4) is 0 Å². The molecule has 0 bridgehead atoms. The van der Waals surface area contributed by atoms with Crippen molar-refractivity contribution in [1.82, 2.24) is 16.0 Å². The molecule has 1 aromatic rings. The van der Waals surface area contributed by atoms with Crippen molar-refractivity contribution in [1.29, 1.82) is 0 Å². The van der Waals surface area contributed by atoms with E-state index in [0.29, 0.717) is 0 Å². The van der Waals surface area contributed by atoms with Gasteiger partial charge in [-0.1, -0.05) is 36.8 Å². The number of benzene rings is 1. The summed E-state index contributed by atoms with van der Waals surface area (Å²) in [6.07, 6.45) is 6.79. The molecule has 118 valence electrons. The Morgan fingerprint density at radius 1 is 1.05 bits per heavy atom. The third-order valence-corrected chi connectivity index (χ3v) is 4.32. The van der Waals surface area contributed by atoms with E-state index in [1.165, 1.54) is 24.8 Å². The fraction of sp³-hybridized carbons (Fsp3) is 0.529. The largest absolute Gasteiger partial charge is 0.359 e. The third kappa shape index (κ3) is 3.59. The fourth-order valence-corrected chi connectivity index (χ4v) is 3.12. The van der Waals surface area contributed by atoms with Crippen molar-refractivity contribution in [2.45, 2.75) is 44.2 Å². The monoisotopic (exact) mass is 299 g/mol. The molecule has 1 aliphatic heterocycles. The Kier molecular flexibility index (Phi) is 4.61. The number of hydrogen-bond donors (Lipinski definition) is 3. The molecule has 0 amide bonds. The molecule has 5 heteroatoms. The van der Waals surface area contributed by atoms with Gasteiger partial charge in [-0.25, -0.2) is 9.98 Å². The second-order valence-corrected chi connectivity index (χ2v) is 6.00. The van der Waals surface area contributed by atoms with Gasteiger partial charge >= 0.3 is 0 Å². The van der Waals surface area contributed by atoms with Gasteiger partial charge in [-0.15, -0.1) is 0 Å². The summed E-state index contributed by atoms with van der Waals surface area (Å²) in [7, 11) is 1.90. The van der Waals surface area contributed by atoms with Gasteiger partial charge in [-0.3, -0.25) is 5.32 Å². The summed E-state index contributed by atoms with van der Waals surface area (Å²) in [5.41, 5.74) is 1.08. The lowest BCUT2D eigenvalue weighted by atomic mass is 9.90. The van der Waals surface area contributed by atoms with Crippen molar-refractivity contribution in [3.63, 3.8) is 0 Å². The molecular formula is C17H25N5. The fourth-order valence-electron chi connectivity index (χ4n) is 3.12. The minimum Gasteiger partial charge on any atom is -0.359 e. The Hall–Kier alpha value is -2.04. The maximum Gasteiger partial charge on any atom is 0.200 e. The number of guanidine groups is 2. The van der Waals surface area contributed by atoms with Crippen molar-refractivity contribution in [2.24, 2.45) is 9.98 Å². The SMILES string of the molecule is CNC1=NC2(CCCCC2)N=C(NCCc2ccccc2)N1. The predicted octanol–water partition coefficient (Wildman–Crippen LogP) is 2.01. The van der Waals surface area contributed by atoms with Crippen LogP contribution >= 0.6 is 0 Å². The maximum absolute atomic E-state index is 4.87. The molecule has 1 fully saturated rings. The molecule has 1 heterocycles. The van der Waals surface area contributed by atoms with E-state index >= 15 is 0 Å². The van der Waals surface area contributed by atoms with Gasteiger partial charge in [-0.2, -0.15) is 0 Å². The number of nitrogens with one attached hydrogen (secondary N) is 3. The first-order valence-electron chi connectivity index (χ1n) is 8.22. The highest BCUT2D eigenvalue weighted by molar-refractivity contribution is 6.00. The van der Waals surface area contributed by atoms with Crippen molar-refractivity contribution >= 4 is 11.9 Å². The predicted molar refractivity (Wildman–Crippen MR) is 91.0 cm³/mol. The molecule has 22 heavy (non-hydrogen) atoms. The summed E-state index contributed by atoms with van der Waals surface area (Å²) in [5, 5.41) is 9.79. The summed E-state index contributed by atoms with van der Waals surface area (Å²) < 4.78 is 0. The molecule has 0 atom stereocenters. The summed E-state index contributed by atoms with van der Waals surface area (Å²) in [6.45, 7) is 0.864. The van der Waals surface area contributed by atoms with Crippen molar-refractivity contribution in [3.05, 3.63) is 35.9 Å². The van der Waals surface area contributed by atoms with Crippen LogP contribution in [0.4, 0.5) is 0 Å². The zero-order chi connectivity index (χ0) is 15.3. The first kappa shape index (κ1) is 14.9. The van der Waals surface area contributed by atoms with Gasteiger partial charge in [0.1, 0.15) is 0 Å². The summed E-state index contributed by atoms with van der Waals surface area (Å²) in [6, 6.07) is 10.5. The van der Waals surface area contributed by atoms with E-state index in [1.807, 2.05) is 13.1 Å². The van der Waals surface area contributed by atoms with Gasteiger partial charge in [0, 0.05) is 13.6 Å². The molecule has 2 aliphatic rings. The van der Waals surface area contributed by atoms with Gasteiger partial charge in [-0.05, 0) is 37.7 Å². The Bertz CT molecular complexity index is 543. The third-order valence-electron chi connectivity index (χ3n) is 4.32. The molecule has 3 N–H and O–H groups in total. The summed E-state index contributed by atoms with van der Waals surface area (Å²) in [4.78, 5) is 9.64. The van der Waals surface area contributed by atoms with Gasteiger partial charge in [0.25, 0.3) is 0 Å². The number of nitrogens with zero attached hydrogens (tertiary/aromatic N) is 2. The smallest absolute Gasteiger partial charge is 0.200 e. The average Bonchev–Trinajstić information content (AvgIpc) is 2.56. The van der Waals surface area contributed by atoms with Crippen LogP contribution in [0.1, 0.15) is 37.7 Å². The Balaban J connectivity index is 1.62. The average molecular weight is 299 g/mol. The van der Waals surface area contributed by atoms with E-state index in [4.69, 9.17) is 9.98 Å². The first-order valence-corrected chi connectivity index (χ1v) is 8.22. The van der Waals surface area contributed by atoms with Crippen LogP contribution in [-0.2, 0) is 6.42 Å². The van der Waals surface area contributed by atoms with E-state index < -0.39 is 0 Å². The highest BCUT2D eigenvalue weighted by Crippen LogP contribution is 2.33. The van der Waals surface area contributed by atoms with Crippen LogP contribution in [0, 0.1) is 0 Å². The van der Waals surface area contributed by atoms with Gasteiger partial charge in [0.15, 0.2) is 11.6 Å². The Labute approximate surface area is 132 Å². The second kappa shape index (κ2) is 6.81. The molecule has 1 spiro atoms. The summed E-state index contributed by atoms with van der Waals surface area (Å²) in [5.74, 6) is 1.66. The molecule has 0 aromatic heterocycles. The lowest BCUT2D eigenvalue weighted by molar-refractivity contribution is 0.305. The zero-order valence-electron chi connectivity index (χ0n) is 13.2. The van der Waals surface area contributed by atoms with E-state index in [1.54, 1.807) is 0 Å². The minimum absolute atomic E-state index is 0.253. The van der Waals surface area contributed by atoms with Gasteiger partial charge in [0.05, 0.1) is 0 Å². The van der Waals surface area contributed by atoms with E-state index in [0.717, 1.165) is 37.7 Å². The number of hydrogen-bond acceptors (Lipinski definition) is 5. The van der Waals surface area contributed by atoms with Crippen LogP contribution in [0.15, 0.2) is 40.3 Å². The maximum atomic E-state index is 4.87. The van der Waals surface area contributed by atoms with Gasteiger partial charge in [0.2, 0.25) is 5.96 Å².